The summed E-state index contributed by atoms with van der Waals surface area (Å²) in [5, 5.41) is 4.74. The van der Waals surface area contributed by atoms with E-state index in [9.17, 15) is 0 Å². The minimum absolute atomic E-state index is 0.406. The molecule has 0 radical (unpaired) electrons. The predicted molar refractivity (Wildman–Crippen MR) is 64.8 cm³/mol. The third kappa shape index (κ3) is 3.89. The maximum absolute atomic E-state index is 5.89. The molecule has 0 fully saturated rings. The summed E-state index contributed by atoms with van der Waals surface area (Å²) < 4.78 is 0. The van der Waals surface area contributed by atoms with Crippen LogP contribution in [-0.2, 0) is 16.1 Å². The molecule has 1 aromatic rings. The molecule has 16 heavy (non-hydrogen) atoms. The Bertz CT molecular complexity index is 383. The van der Waals surface area contributed by atoms with Gasteiger partial charge in [-0.2, -0.15) is 5.48 Å². The summed E-state index contributed by atoms with van der Waals surface area (Å²) in [4.78, 5) is 9.70. The minimum Gasteiger partial charge on any atom is -0.396 e. The molecule has 0 aliphatic carbocycles. The normalized spacial score (nSPS) is 11.4. The van der Waals surface area contributed by atoms with Crippen LogP contribution in [0.15, 0.2) is 23.4 Å². The minimum atomic E-state index is 0.406. The highest BCUT2D eigenvalue weighted by atomic mass is 35.5. The molecule has 6 heteroatoms. The Kier molecular flexibility index (Phi) is 5.38. The first-order valence-electron chi connectivity index (χ1n) is 4.55. The van der Waals surface area contributed by atoms with E-state index in [2.05, 4.69) is 15.5 Å². The molecular weight excluding hydrogens is 251 g/mol. The fourth-order valence-corrected chi connectivity index (χ4v) is 1.45. The van der Waals surface area contributed by atoms with E-state index in [4.69, 9.17) is 28.0 Å². The third-order valence-electron chi connectivity index (χ3n) is 1.75. The van der Waals surface area contributed by atoms with E-state index in [1.54, 1.807) is 19.2 Å². The molecule has 0 heterocycles. The Morgan fingerprint density at radius 2 is 2.12 bits per heavy atom. The summed E-state index contributed by atoms with van der Waals surface area (Å²) in [5.41, 5.74) is 3.46. The fourth-order valence-electron chi connectivity index (χ4n) is 1.13. The van der Waals surface area contributed by atoms with Crippen molar-refractivity contribution < 1.29 is 9.68 Å². The van der Waals surface area contributed by atoms with E-state index in [0.29, 0.717) is 22.4 Å². The topological polar surface area (TPSA) is 42.8 Å². The zero-order valence-electron chi connectivity index (χ0n) is 8.96. The molecule has 1 aromatic carbocycles. The molecular formula is C10H12Cl2N2O2. The zero-order valence-corrected chi connectivity index (χ0v) is 10.5. The van der Waals surface area contributed by atoms with E-state index in [1.807, 2.05) is 6.07 Å². The quantitative estimate of drug-likeness (QED) is 0.516. The monoisotopic (exact) mass is 262 g/mol. The molecule has 0 unspecified atom stereocenters. The Labute approximate surface area is 104 Å². The first-order chi connectivity index (χ1) is 7.67. The molecule has 0 aromatic heterocycles. The first-order valence-corrected chi connectivity index (χ1v) is 5.30. The van der Waals surface area contributed by atoms with Crippen molar-refractivity contribution in [2.75, 3.05) is 14.2 Å². The lowest BCUT2D eigenvalue weighted by atomic mass is 10.1. The van der Waals surface area contributed by atoms with Crippen LogP contribution in [0.2, 0.25) is 10.0 Å². The van der Waals surface area contributed by atoms with Crippen LogP contribution in [0.3, 0.4) is 0 Å². The van der Waals surface area contributed by atoms with E-state index in [0.717, 1.165) is 5.56 Å². The Morgan fingerprint density at radius 1 is 1.38 bits per heavy atom. The van der Waals surface area contributed by atoms with Gasteiger partial charge in [0.1, 0.15) is 7.11 Å². The second-order valence-corrected chi connectivity index (χ2v) is 3.71. The summed E-state index contributed by atoms with van der Waals surface area (Å²) in [6.45, 7) is 0. The number of nitrogens with one attached hydrogen (secondary N) is 1. The molecule has 0 saturated carbocycles. The molecule has 0 aliphatic rings. The lowest BCUT2D eigenvalue weighted by Crippen LogP contribution is -2.17. The Morgan fingerprint density at radius 3 is 2.69 bits per heavy atom. The van der Waals surface area contributed by atoms with Gasteiger partial charge in [-0.05, 0) is 22.9 Å². The number of rotatable bonds is 4. The summed E-state index contributed by atoms with van der Waals surface area (Å²) in [6.07, 6.45) is 0.464. The van der Waals surface area contributed by atoms with Crippen LogP contribution in [0.4, 0.5) is 0 Å². The van der Waals surface area contributed by atoms with Gasteiger partial charge >= 0.3 is 0 Å². The second-order valence-electron chi connectivity index (χ2n) is 2.90. The Balaban J connectivity index is 2.77. The summed E-state index contributed by atoms with van der Waals surface area (Å²) in [6, 6.07) is 5.33. The third-order valence-corrected chi connectivity index (χ3v) is 2.49. The molecule has 0 saturated heterocycles. The van der Waals surface area contributed by atoms with Crippen molar-refractivity contribution in [2.24, 2.45) is 5.16 Å². The van der Waals surface area contributed by atoms with Crippen LogP contribution in [-0.4, -0.2) is 20.1 Å². The highest BCUT2D eigenvalue weighted by Gasteiger charge is 2.06. The maximum atomic E-state index is 5.89. The number of nitrogens with zero attached hydrogens (tertiary/aromatic N) is 1. The van der Waals surface area contributed by atoms with Gasteiger partial charge in [-0.3, -0.25) is 0 Å². The van der Waals surface area contributed by atoms with E-state index in [-0.39, 0.29) is 0 Å². The number of halogens is 2. The lowest BCUT2D eigenvalue weighted by molar-refractivity contribution is 0.158. The fraction of sp³-hybridized carbons (Fsp3) is 0.300. The van der Waals surface area contributed by atoms with Crippen LogP contribution in [0.25, 0.3) is 0 Å². The van der Waals surface area contributed by atoms with Gasteiger partial charge in [0.2, 0.25) is 0 Å². The van der Waals surface area contributed by atoms with Crippen molar-refractivity contribution in [2.45, 2.75) is 6.42 Å². The molecule has 0 atom stereocenters. The largest absolute Gasteiger partial charge is 0.396 e. The van der Waals surface area contributed by atoms with E-state index < -0.39 is 0 Å². The second kappa shape index (κ2) is 6.58. The molecule has 88 valence electrons. The molecule has 0 bridgehead atoms. The van der Waals surface area contributed by atoms with Crippen molar-refractivity contribution in [1.29, 1.82) is 0 Å². The molecule has 1 N–H and O–H groups in total. The summed E-state index contributed by atoms with van der Waals surface area (Å²) >= 11 is 11.7. The number of hydroxylamine groups is 1. The van der Waals surface area contributed by atoms with Crippen molar-refractivity contribution in [1.82, 2.24) is 5.48 Å². The average Bonchev–Trinajstić information content (AvgIpc) is 2.24. The van der Waals surface area contributed by atoms with Crippen LogP contribution in [0, 0.1) is 0 Å². The van der Waals surface area contributed by atoms with Gasteiger partial charge in [0.15, 0.2) is 0 Å². The molecule has 4 nitrogen and oxygen atoms in total. The van der Waals surface area contributed by atoms with Gasteiger partial charge in [-0.25, -0.2) is 0 Å². The standard InChI is InChI=1S/C10H12Cl2N2O2/c1-13-16-10(14-15-2)6-7-3-4-8(11)9(12)5-7/h3-5,13H,6H2,1-2H3/b14-10-. The molecule has 0 amide bonds. The molecule has 0 spiro atoms. The van der Waals surface area contributed by atoms with Gasteiger partial charge in [-0.1, -0.05) is 29.3 Å². The Hall–Kier alpha value is -0.970. The van der Waals surface area contributed by atoms with Gasteiger partial charge in [0, 0.05) is 7.05 Å². The number of hydrogen-bond acceptors (Lipinski definition) is 4. The van der Waals surface area contributed by atoms with Crippen LogP contribution < -0.4 is 5.48 Å². The van der Waals surface area contributed by atoms with Gasteiger partial charge < -0.3 is 9.68 Å². The van der Waals surface area contributed by atoms with Crippen molar-refractivity contribution in [3.8, 4) is 0 Å². The maximum Gasteiger partial charge on any atom is 0.254 e. The van der Waals surface area contributed by atoms with Crippen LogP contribution in [0.1, 0.15) is 5.56 Å². The number of benzene rings is 1. The lowest BCUT2D eigenvalue weighted by Gasteiger charge is -2.06. The first kappa shape index (κ1) is 13.1. The highest BCUT2D eigenvalue weighted by Crippen LogP contribution is 2.22. The number of oxime groups is 1. The molecule has 1 rings (SSSR count). The summed E-state index contributed by atoms with van der Waals surface area (Å²) in [7, 11) is 3.09. The smallest absolute Gasteiger partial charge is 0.254 e. The van der Waals surface area contributed by atoms with Gasteiger partial charge in [0.05, 0.1) is 16.5 Å². The van der Waals surface area contributed by atoms with Crippen LogP contribution in [0.5, 0.6) is 0 Å². The molecule has 0 aliphatic heterocycles. The van der Waals surface area contributed by atoms with Crippen molar-refractivity contribution >= 4 is 29.1 Å². The predicted octanol–water partition coefficient (Wildman–Crippen LogP) is 2.65. The number of hydrogen-bond donors (Lipinski definition) is 1. The SMILES string of the molecule is CNO/C(Cc1ccc(Cl)c(Cl)c1)=N\OC. The van der Waals surface area contributed by atoms with Crippen molar-refractivity contribution in [3.63, 3.8) is 0 Å². The van der Waals surface area contributed by atoms with Crippen LogP contribution >= 0.6 is 23.2 Å². The van der Waals surface area contributed by atoms with E-state index >= 15 is 0 Å². The van der Waals surface area contributed by atoms with E-state index in [1.165, 1.54) is 7.11 Å². The summed E-state index contributed by atoms with van der Waals surface area (Å²) in [5.74, 6) is 0.406. The highest BCUT2D eigenvalue weighted by molar-refractivity contribution is 6.42. The van der Waals surface area contributed by atoms with Gasteiger partial charge in [-0.15, -0.1) is 0 Å². The zero-order chi connectivity index (χ0) is 12.0. The van der Waals surface area contributed by atoms with Crippen molar-refractivity contribution in [3.05, 3.63) is 33.8 Å². The van der Waals surface area contributed by atoms with Gasteiger partial charge in [0.25, 0.3) is 5.90 Å². The average molecular weight is 263 g/mol.